The monoisotopic (exact) mass is 268 g/mol. The maximum absolute atomic E-state index is 11.6. The molecule has 0 aliphatic rings. The average Bonchev–Trinajstić information content (AvgIpc) is 2.31. The van der Waals surface area contributed by atoms with Crippen LogP contribution in [0.3, 0.4) is 0 Å². The van der Waals surface area contributed by atoms with E-state index in [9.17, 15) is 9.90 Å². The van der Waals surface area contributed by atoms with E-state index in [0.717, 1.165) is 22.7 Å². The van der Waals surface area contributed by atoms with E-state index in [-0.39, 0.29) is 5.91 Å². The van der Waals surface area contributed by atoms with Crippen molar-refractivity contribution in [2.45, 2.75) is 32.9 Å². The molecule has 18 heavy (non-hydrogen) atoms. The standard InChI is InChI=1S/C13H20N2O2S/c1-9-6-11(7-10(2)15-9)8-14-13(17)12(16)4-5-18-3/h6-7,12,16H,4-5,8H2,1-3H3,(H,14,17). The van der Waals surface area contributed by atoms with Crippen LogP contribution in [-0.2, 0) is 11.3 Å². The van der Waals surface area contributed by atoms with Gasteiger partial charge in [0.15, 0.2) is 0 Å². The van der Waals surface area contributed by atoms with Crippen molar-refractivity contribution in [2.24, 2.45) is 0 Å². The quantitative estimate of drug-likeness (QED) is 0.819. The molecule has 1 heterocycles. The Balaban J connectivity index is 2.46. The van der Waals surface area contributed by atoms with Gasteiger partial charge in [-0.3, -0.25) is 9.78 Å². The van der Waals surface area contributed by atoms with Crippen LogP contribution in [0.4, 0.5) is 0 Å². The molecule has 0 fully saturated rings. The molecule has 0 saturated carbocycles. The number of carbonyl (C=O) groups excluding carboxylic acids is 1. The number of thioether (sulfide) groups is 1. The van der Waals surface area contributed by atoms with Gasteiger partial charge in [0, 0.05) is 17.9 Å². The normalized spacial score (nSPS) is 12.2. The molecule has 1 unspecified atom stereocenters. The SMILES string of the molecule is CSCCC(O)C(=O)NCc1cc(C)nc(C)c1. The number of amides is 1. The summed E-state index contributed by atoms with van der Waals surface area (Å²) >= 11 is 1.62. The first-order valence-corrected chi connectivity index (χ1v) is 7.31. The summed E-state index contributed by atoms with van der Waals surface area (Å²) in [4.78, 5) is 15.9. The lowest BCUT2D eigenvalue weighted by atomic mass is 10.2. The fourth-order valence-electron chi connectivity index (χ4n) is 1.69. The third-order valence-corrected chi connectivity index (χ3v) is 3.15. The number of nitrogens with one attached hydrogen (secondary N) is 1. The van der Waals surface area contributed by atoms with Crippen LogP contribution in [0.1, 0.15) is 23.4 Å². The average molecular weight is 268 g/mol. The molecule has 1 aromatic heterocycles. The van der Waals surface area contributed by atoms with E-state index in [2.05, 4.69) is 10.3 Å². The molecule has 1 rings (SSSR count). The van der Waals surface area contributed by atoms with Gasteiger partial charge in [-0.1, -0.05) is 0 Å². The Morgan fingerprint density at radius 1 is 1.44 bits per heavy atom. The molecule has 0 bridgehead atoms. The van der Waals surface area contributed by atoms with Gasteiger partial charge in [-0.15, -0.1) is 0 Å². The third-order valence-electron chi connectivity index (χ3n) is 2.51. The lowest BCUT2D eigenvalue weighted by Gasteiger charge is -2.11. The number of aliphatic hydroxyl groups is 1. The highest BCUT2D eigenvalue weighted by Crippen LogP contribution is 2.05. The van der Waals surface area contributed by atoms with Gasteiger partial charge in [0.1, 0.15) is 6.10 Å². The molecule has 1 atom stereocenters. The number of pyridine rings is 1. The molecule has 0 radical (unpaired) electrons. The number of carbonyl (C=O) groups is 1. The van der Waals surface area contributed by atoms with Crippen molar-refractivity contribution in [3.63, 3.8) is 0 Å². The molecule has 100 valence electrons. The number of hydrogen-bond donors (Lipinski definition) is 2. The summed E-state index contributed by atoms with van der Waals surface area (Å²) in [5.74, 6) is 0.471. The van der Waals surface area contributed by atoms with Crippen LogP contribution in [-0.4, -0.2) is 34.1 Å². The lowest BCUT2D eigenvalue weighted by Crippen LogP contribution is -2.34. The second-order valence-corrected chi connectivity index (χ2v) is 5.26. The Morgan fingerprint density at radius 3 is 2.61 bits per heavy atom. The van der Waals surface area contributed by atoms with Crippen molar-refractivity contribution in [1.82, 2.24) is 10.3 Å². The second kappa shape index (κ2) is 7.38. The number of nitrogens with zero attached hydrogens (tertiary/aromatic N) is 1. The summed E-state index contributed by atoms with van der Waals surface area (Å²) < 4.78 is 0. The number of rotatable bonds is 6. The molecule has 4 nitrogen and oxygen atoms in total. The summed E-state index contributed by atoms with van der Waals surface area (Å²) in [6, 6.07) is 3.86. The Bertz CT molecular complexity index is 390. The third kappa shape index (κ3) is 5.06. The molecule has 2 N–H and O–H groups in total. The number of aryl methyl sites for hydroxylation is 2. The molecule has 0 aliphatic heterocycles. The molecule has 1 aromatic rings. The Morgan fingerprint density at radius 2 is 2.06 bits per heavy atom. The largest absolute Gasteiger partial charge is 0.383 e. The van der Waals surface area contributed by atoms with Crippen LogP contribution < -0.4 is 5.32 Å². The van der Waals surface area contributed by atoms with E-state index >= 15 is 0 Å². The zero-order valence-corrected chi connectivity index (χ0v) is 11.9. The molecule has 0 spiro atoms. The predicted molar refractivity (Wildman–Crippen MR) is 74.6 cm³/mol. The first-order valence-electron chi connectivity index (χ1n) is 5.92. The van der Waals surface area contributed by atoms with Gasteiger partial charge in [-0.05, 0) is 50.0 Å². The van der Waals surface area contributed by atoms with Crippen molar-refractivity contribution in [1.29, 1.82) is 0 Å². The molecular formula is C13H20N2O2S. The van der Waals surface area contributed by atoms with Crippen molar-refractivity contribution < 1.29 is 9.90 Å². The fraction of sp³-hybridized carbons (Fsp3) is 0.538. The molecule has 0 saturated heterocycles. The van der Waals surface area contributed by atoms with Crippen molar-refractivity contribution in [3.05, 3.63) is 29.1 Å². The topological polar surface area (TPSA) is 62.2 Å². The van der Waals surface area contributed by atoms with E-state index < -0.39 is 6.10 Å². The second-order valence-electron chi connectivity index (χ2n) is 4.27. The number of aliphatic hydroxyl groups excluding tert-OH is 1. The van der Waals surface area contributed by atoms with Crippen LogP contribution in [0.15, 0.2) is 12.1 Å². The fourth-order valence-corrected chi connectivity index (χ4v) is 2.15. The van der Waals surface area contributed by atoms with E-state index in [1.165, 1.54) is 0 Å². The highest BCUT2D eigenvalue weighted by molar-refractivity contribution is 7.98. The van der Waals surface area contributed by atoms with Gasteiger partial charge in [0.2, 0.25) is 5.91 Å². The maximum Gasteiger partial charge on any atom is 0.249 e. The van der Waals surface area contributed by atoms with Gasteiger partial charge < -0.3 is 10.4 Å². The van der Waals surface area contributed by atoms with Crippen LogP contribution in [0.5, 0.6) is 0 Å². The van der Waals surface area contributed by atoms with Crippen LogP contribution in [0, 0.1) is 13.8 Å². The zero-order chi connectivity index (χ0) is 13.5. The van der Waals surface area contributed by atoms with Gasteiger partial charge >= 0.3 is 0 Å². The van der Waals surface area contributed by atoms with Crippen molar-refractivity contribution in [3.8, 4) is 0 Å². The minimum atomic E-state index is -0.915. The minimum Gasteiger partial charge on any atom is -0.383 e. The lowest BCUT2D eigenvalue weighted by molar-refractivity contribution is -0.129. The van der Waals surface area contributed by atoms with Crippen molar-refractivity contribution >= 4 is 17.7 Å². The molecule has 5 heteroatoms. The van der Waals surface area contributed by atoms with E-state index in [4.69, 9.17) is 0 Å². The molecule has 1 amide bonds. The van der Waals surface area contributed by atoms with E-state index in [0.29, 0.717) is 13.0 Å². The molecular weight excluding hydrogens is 248 g/mol. The molecule has 0 aromatic carbocycles. The molecule has 0 aliphatic carbocycles. The van der Waals surface area contributed by atoms with Crippen LogP contribution in [0.25, 0.3) is 0 Å². The van der Waals surface area contributed by atoms with Crippen molar-refractivity contribution in [2.75, 3.05) is 12.0 Å². The first kappa shape index (κ1) is 15.0. The Hall–Kier alpha value is -1.07. The van der Waals surface area contributed by atoms with Gasteiger partial charge in [0.25, 0.3) is 0 Å². The summed E-state index contributed by atoms with van der Waals surface area (Å²) in [5.41, 5.74) is 2.87. The van der Waals surface area contributed by atoms with E-state index in [1.807, 2.05) is 32.2 Å². The number of hydrogen-bond acceptors (Lipinski definition) is 4. The summed E-state index contributed by atoms with van der Waals surface area (Å²) in [7, 11) is 0. The minimum absolute atomic E-state index is 0.309. The summed E-state index contributed by atoms with van der Waals surface area (Å²) in [5, 5.41) is 12.3. The summed E-state index contributed by atoms with van der Waals surface area (Å²) in [6.45, 7) is 4.27. The predicted octanol–water partition coefficient (Wildman–Crippen LogP) is 1.43. The first-order chi connectivity index (χ1) is 8.52. The Labute approximate surface area is 112 Å². The maximum atomic E-state index is 11.6. The van der Waals surface area contributed by atoms with Crippen LogP contribution in [0.2, 0.25) is 0 Å². The van der Waals surface area contributed by atoms with Gasteiger partial charge in [-0.25, -0.2) is 0 Å². The van der Waals surface area contributed by atoms with Crippen LogP contribution >= 0.6 is 11.8 Å². The van der Waals surface area contributed by atoms with E-state index in [1.54, 1.807) is 11.8 Å². The smallest absolute Gasteiger partial charge is 0.249 e. The zero-order valence-electron chi connectivity index (χ0n) is 11.1. The highest BCUT2D eigenvalue weighted by atomic mass is 32.2. The van der Waals surface area contributed by atoms with Gasteiger partial charge in [-0.2, -0.15) is 11.8 Å². The van der Waals surface area contributed by atoms with Gasteiger partial charge in [0.05, 0.1) is 0 Å². The highest BCUT2D eigenvalue weighted by Gasteiger charge is 2.13. The Kier molecular flexibility index (Phi) is 6.15. The summed E-state index contributed by atoms with van der Waals surface area (Å²) in [6.07, 6.45) is 1.52. The number of aromatic nitrogens is 1.